The van der Waals surface area contributed by atoms with Crippen molar-refractivity contribution in [2.75, 3.05) is 58.9 Å². The first-order valence-electron chi connectivity index (χ1n) is 12.0. The average molecular weight is 488 g/mol. The average Bonchev–Trinajstić information content (AvgIpc) is 3.42. The lowest BCUT2D eigenvalue weighted by Crippen LogP contribution is -2.43. The van der Waals surface area contributed by atoms with E-state index in [9.17, 15) is 5.26 Å². The van der Waals surface area contributed by atoms with E-state index in [1.807, 2.05) is 30.3 Å². The van der Waals surface area contributed by atoms with Crippen molar-refractivity contribution >= 4 is 33.2 Å². The van der Waals surface area contributed by atoms with Gasteiger partial charge in [-0.2, -0.15) is 5.26 Å². The molecular weight excluding hydrogens is 458 g/mol. The smallest absolute Gasteiger partial charge is 0.163 e. The Morgan fingerprint density at radius 3 is 2.69 bits per heavy atom. The molecule has 0 unspecified atom stereocenters. The van der Waals surface area contributed by atoms with Crippen LogP contribution in [0.1, 0.15) is 12.0 Å². The number of ether oxygens (including phenoxy) is 3. The van der Waals surface area contributed by atoms with Crippen LogP contribution in [0.3, 0.4) is 0 Å². The number of furan rings is 1. The summed E-state index contributed by atoms with van der Waals surface area (Å²) in [6.07, 6.45) is 4.10. The fourth-order valence-electron chi connectivity index (χ4n) is 4.54. The summed E-state index contributed by atoms with van der Waals surface area (Å²) in [5.41, 5.74) is 3.07. The van der Waals surface area contributed by atoms with Crippen LogP contribution in [-0.2, 0) is 0 Å². The second-order valence-electron chi connectivity index (χ2n) is 8.58. The van der Waals surface area contributed by atoms with Crippen LogP contribution < -0.4 is 24.8 Å². The molecule has 2 aromatic carbocycles. The summed E-state index contributed by atoms with van der Waals surface area (Å²) in [4.78, 5) is 6.96. The topological polar surface area (TPSA) is 105 Å². The Hall–Kier alpha value is -4.00. The molecule has 0 bridgehead atoms. The van der Waals surface area contributed by atoms with Gasteiger partial charge in [-0.1, -0.05) is 0 Å². The molecule has 9 heteroatoms. The number of nitrogens with zero attached hydrogens (tertiary/aromatic N) is 3. The zero-order valence-corrected chi connectivity index (χ0v) is 20.5. The molecule has 0 amide bonds. The number of rotatable bonds is 9. The lowest BCUT2D eigenvalue weighted by atomic mass is 10.1. The number of nitrogens with one attached hydrogen (secondary N) is 2. The third-order valence-electron chi connectivity index (χ3n) is 6.42. The van der Waals surface area contributed by atoms with Crippen molar-refractivity contribution in [1.29, 1.82) is 5.26 Å². The zero-order valence-electron chi connectivity index (χ0n) is 20.5. The van der Waals surface area contributed by atoms with Crippen LogP contribution >= 0.6 is 0 Å². The van der Waals surface area contributed by atoms with E-state index in [0.717, 1.165) is 49.9 Å². The van der Waals surface area contributed by atoms with Crippen LogP contribution in [0, 0.1) is 11.3 Å². The van der Waals surface area contributed by atoms with E-state index >= 15 is 0 Å². The van der Waals surface area contributed by atoms with E-state index in [1.54, 1.807) is 26.7 Å². The second-order valence-corrected chi connectivity index (χ2v) is 8.58. The minimum atomic E-state index is 0.407. The first-order valence-corrected chi connectivity index (χ1v) is 12.0. The fraction of sp³-hybridized carbons (Fsp3) is 0.333. The van der Waals surface area contributed by atoms with Crippen LogP contribution in [0.25, 0.3) is 21.9 Å². The van der Waals surface area contributed by atoms with Gasteiger partial charge in [-0.05, 0) is 30.7 Å². The molecule has 4 aromatic rings. The van der Waals surface area contributed by atoms with Gasteiger partial charge in [0.15, 0.2) is 17.1 Å². The van der Waals surface area contributed by atoms with Gasteiger partial charge < -0.3 is 34.2 Å². The summed E-state index contributed by atoms with van der Waals surface area (Å²) in [6.45, 7) is 5.79. The number of aromatic nitrogens is 1. The summed E-state index contributed by atoms with van der Waals surface area (Å²) < 4.78 is 22.9. The van der Waals surface area contributed by atoms with E-state index in [-0.39, 0.29) is 0 Å². The van der Waals surface area contributed by atoms with Gasteiger partial charge >= 0.3 is 0 Å². The predicted molar refractivity (Wildman–Crippen MR) is 138 cm³/mol. The zero-order chi connectivity index (χ0) is 24.9. The van der Waals surface area contributed by atoms with Crippen LogP contribution in [0.4, 0.5) is 11.4 Å². The predicted octanol–water partition coefficient (Wildman–Crippen LogP) is 4.29. The van der Waals surface area contributed by atoms with Crippen molar-refractivity contribution in [3.63, 3.8) is 0 Å². The molecule has 2 aromatic heterocycles. The molecule has 0 aliphatic carbocycles. The highest BCUT2D eigenvalue weighted by Crippen LogP contribution is 2.39. The van der Waals surface area contributed by atoms with Gasteiger partial charge in [-0.25, -0.2) is 0 Å². The first-order chi connectivity index (χ1) is 17.7. The van der Waals surface area contributed by atoms with Crippen LogP contribution in [0.2, 0.25) is 0 Å². The van der Waals surface area contributed by atoms with Crippen molar-refractivity contribution in [2.45, 2.75) is 6.42 Å². The molecule has 3 heterocycles. The Balaban J connectivity index is 1.43. The fourth-order valence-corrected chi connectivity index (χ4v) is 4.54. The molecule has 5 rings (SSSR count). The molecule has 2 N–H and O–H groups in total. The standard InChI is InChI=1S/C27H29N5O4/c1-33-23-5-4-21(27-19(23)6-13-36-27)31-26-18(16-28)17-30-22-15-25(24(34-2)14-20(22)26)35-12-3-9-32-10-7-29-8-11-32/h4-6,13-15,17,29H,3,7-12H2,1-2H3,(H,30,31). The molecule has 0 radical (unpaired) electrons. The van der Waals surface area contributed by atoms with Crippen molar-refractivity contribution in [3.05, 3.63) is 48.4 Å². The van der Waals surface area contributed by atoms with Gasteiger partial charge in [0.05, 0.1) is 54.9 Å². The Labute approximate surface area is 209 Å². The third-order valence-corrected chi connectivity index (χ3v) is 6.42. The quantitative estimate of drug-likeness (QED) is 0.335. The van der Waals surface area contributed by atoms with Crippen molar-refractivity contribution < 1.29 is 18.6 Å². The Kier molecular flexibility index (Phi) is 7.07. The lowest BCUT2D eigenvalue weighted by molar-refractivity contribution is 0.211. The number of pyridine rings is 1. The third kappa shape index (κ3) is 4.73. The van der Waals surface area contributed by atoms with Crippen molar-refractivity contribution in [1.82, 2.24) is 15.2 Å². The lowest BCUT2D eigenvalue weighted by Gasteiger charge is -2.27. The van der Waals surface area contributed by atoms with Crippen LogP contribution in [0.15, 0.2) is 47.2 Å². The maximum atomic E-state index is 9.81. The molecule has 1 saturated heterocycles. The first kappa shape index (κ1) is 23.7. The second kappa shape index (κ2) is 10.7. The number of piperazine rings is 1. The number of benzene rings is 2. The Morgan fingerprint density at radius 2 is 1.92 bits per heavy atom. The SMILES string of the molecule is COc1cc2c(Nc3ccc(OC)c4ccoc34)c(C#N)cnc2cc1OCCCN1CCNCC1. The number of methoxy groups -OCH3 is 2. The minimum Gasteiger partial charge on any atom is -0.496 e. The summed E-state index contributed by atoms with van der Waals surface area (Å²) in [5.74, 6) is 1.93. The van der Waals surface area contributed by atoms with Gasteiger partial charge in [0.2, 0.25) is 0 Å². The van der Waals surface area contributed by atoms with Crippen molar-refractivity contribution in [3.8, 4) is 23.3 Å². The number of anilines is 2. The number of hydrogen-bond acceptors (Lipinski definition) is 9. The molecule has 0 saturated carbocycles. The maximum absolute atomic E-state index is 9.81. The molecule has 186 valence electrons. The van der Waals surface area contributed by atoms with Gasteiger partial charge in [-0.15, -0.1) is 0 Å². The van der Waals surface area contributed by atoms with E-state index < -0.39 is 0 Å². The monoisotopic (exact) mass is 487 g/mol. The van der Waals surface area contributed by atoms with E-state index in [2.05, 4.69) is 26.6 Å². The Bertz CT molecular complexity index is 1410. The normalized spacial score (nSPS) is 14.0. The van der Waals surface area contributed by atoms with E-state index in [4.69, 9.17) is 18.6 Å². The molecule has 1 aliphatic heterocycles. The minimum absolute atomic E-state index is 0.407. The van der Waals surface area contributed by atoms with Crippen LogP contribution in [0.5, 0.6) is 17.2 Å². The summed E-state index contributed by atoms with van der Waals surface area (Å²) in [7, 11) is 3.23. The van der Waals surface area contributed by atoms with E-state index in [1.165, 1.54) is 0 Å². The number of hydrogen-bond donors (Lipinski definition) is 2. The van der Waals surface area contributed by atoms with Crippen LogP contribution in [-0.4, -0.2) is 63.4 Å². The van der Waals surface area contributed by atoms with Crippen molar-refractivity contribution in [2.24, 2.45) is 0 Å². The van der Waals surface area contributed by atoms with Gasteiger partial charge in [-0.3, -0.25) is 4.98 Å². The maximum Gasteiger partial charge on any atom is 0.163 e. The highest BCUT2D eigenvalue weighted by molar-refractivity contribution is 6.01. The highest BCUT2D eigenvalue weighted by Gasteiger charge is 2.17. The molecular formula is C27H29N5O4. The summed E-state index contributed by atoms with van der Waals surface area (Å²) in [6, 6.07) is 11.5. The molecule has 1 aliphatic rings. The number of nitriles is 1. The summed E-state index contributed by atoms with van der Waals surface area (Å²) >= 11 is 0. The largest absolute Gasteiger partial charge is 0.496 e. The summed E-state index contributed by atoms with van der Waals surface area (Å²) in [5, 5.41) is 18.2. The molecule has 36 heavy (non-hydrogen) atoms. The number of fused-ring (bicyclic) bond motifs is 2. The van der Waals surface area contributed by atoms with Gasteiger partial charge in [0.1, 0.15) is 11.8 Å². The molecule has 1 fully saturated rings. The van der Waals surface area contributed by atoms with E-state index in [0.29, 0.717) is 51.9 Å². The molecule has 0 spiro atoms. The van der Waals surface area contributed by atoms with Gasteiger partial charge in [0, 0.05) is 50.4 Å². The molecule has 0 atom stereocenters. The Morgan fingerprint density at radius 1 is 1.08 bits per heavy atom. The van der Waals surface area contributed by atoms with Gasteiger partial charge in [0.25, 0.3) is 0 Å². The molecule has 9 nitrogen and oxygen atoms in total. The highest BCUT2D eigenvalue weighted by atomic mass is 16.5.